The predicted molar refractivity (Wildman–Crippen MR) is 118 cm³/mol. The Labute approximate surface area is 180 Å². The van der Waals surface area contributed by atoms with E-state index in [1.807, 2.05) is 19.9 Å². The fourth-order valence-electron chi connectivity index (χ4n) is 2.77. The fraction of sp³-hybridized carbons (Fsp3) is 0.190. The van der Waals surface area contributed by atoms with Crippen LogP contribution in [-0.2, 0) is 0 Å². The second kappa shape index (κ2) is 8.88. The van der Waals surface area contributed by atoms with Gasteiger partial charge in [0.05, 0.1) is 22.0 Å². The largest absolute Gasteiger partial charge is 0.480 e. The zero-order valence-electron chi connectivity index (χ0n) is 16.2. The molecule has 0 fully saturated rings. The van der Waals surface area contributed by atoms with Gasteiger partial charge in [-0.3, -0.25) is 14.9 Å². The first kappa shape index (κ1) is 21.2. The molecular formula is C21H17BrN4O4. The number of nitro groups is 1. The highest BCUT2D eigenvalue weighted by Crippen LogP contribution is 2.23. The molecule has 0 aliphatic carbocycles. The third-order valence-electron chi connectivity index (χ3n) is 4.18. The van der Waals surface area contributed by atoms with E-state index in [4.69, 9.17) is 11.2 Å². The molecule has 1 aromatic heterocycles. The Morgan fingerprint density at radius 2 is 2.13 bits per heavy atom. The van der Waals surface area contributed by atoms with Crippen LogP contribution >= 0.6 is 15.9 Å². The van der Waals surface area contributed by atoms with Gasteiger partial charge in [0.15, 0.2) is 0 Å². The van der Waals surface area contributed by atoms with Crippen LogP contribution in [0.3, 0.4) is 0 Å². The van der Waals surface area contributed by atoms with Crippen LogP contribution in [0.2, 0.25) is 0 Å². The van der Waals surface area contributed by atoms with Gasteiger partial charge in [0, 0.05) is 28.1 Å². The number of nitrogens with zero attached hydrogens (tertiary/aromatic N) is 4. The van der Waals surface area contributed by atoms with Gasteiger partial charge < -0.3 is 4.74 Å². The van der Waals surface area contributed by atoms with E-state index < -0.39 is 4.92 Å². The number of fused-ring (bicyclic) bond motifs is 1. The lowest BCUT2D eigenvalue weighted by atomic mass is 10.2. The molecule has 0 N–H and O–H groups in total. The van der Waals surface area contributed by atoms with Crippen molar-refractivity contribution in [2.45, 2.75) is 19.8 Å². The number of hydrogen-bond donors (Lipinski definition) is 0. The number of halogens is 1. The monoisotopic (exact) mass is 468 g/mol. The Morgan fingerprint density at radius 1 is 1.37 bits per heavy atom. The van der Waals surface area contributed by atoms with Crippen LogP contribution in [0.25, 0.3) is 10.9 Å². The third kappa shape index (κ3) is 4.39. The van der Waals surface area contributed by atoms with Gasteiger partial charge in [0.25, 0.3) is 11.2 Å². The second-order valence-corrected chi connectivity index (χ2v) is 7.54. The van der Waals surface area contributed by atoms with Crippen molar-refractivity contribution >= 4 is 38.7 Å². The summed E-state index contributed by atoms with van der Waals surface area (Å²) in [6, 6.07) is 9.30. The number of non-ortho nitro benzene ring substituents is 1. The molecule has 2 aromatic carbocycles. The van der Waals surface area contributed by atoms with E-state index in [0.717, 1.165) is 4.47 Å². The third-order valence-corrected chi connectivity index (χ3v) is 4.67. The summed E-state index contributed by atoms with van der Waals surface area (Å²) in [5.74, 6) is 3.03. The molecule has 9 heteroatoms. The van der Waals surface area contributed by atoms with Gasteiger partial charge in [-0.2, -0.15) is 9.78 Å². The minimum atomic E-state index is -0.525. The Kier molecular flexibility index (Phi) is 6.28. The first-order valence-corrected chi connectivity index (χ1v) is 9.72. The molecule has 0 amide bonds. The number of aromatic nitrogens is 2. The Hall–Kier alpha value is -3.51. The minimum Gasteiger partial charge on any atom is -0.480 e. The van der Waals surface area contributed by atoms with E-state index in [0.29, 0.717) is 28.0 Å². The number of nitro benzene ring substituents is 1. The molecule has 0 atom stereocenters. The zero-order valence-corrected chi connectivity index (χ0v) is 17.8. The van der Waals surface area contributed by atoms with E-state index in [2.05, 4.69) is 31.9 Å². The molecule has 0 unspecified atom stereocenters. The normalized spacial score (nSPS) is 11.2. The van der Waals surface area contributed by atoms with Crippen LogP contribution in [0.1, 0.15) is 31.2 Å². The molecule has 0 radical (unpaired) electrons. The molecule has 30 heavy (non-hydrogen) atoms. The number of ether oxygens (including phenoxy) is 1. The van der Waals surface area contributed by atoms with Crippen LogP contribution in [0, 0.1) is 22.5 Å². The van der Waals surface area contributed by atoms with Gasteiger partial charge in [-0.1, -0.05) is 35.7 Å². The highest BCUT2D eigenvalue weighted by atomic mass is 79.9. The highest BCUT2D eigenvalue weighted by Gasteiger charge is 2.15. The van der Waals surface area contributed by atoms with Crippen molar-refractivity contribution in [3.05, 3.63) is 72.7 Å². The van der Waals surface area contributed by atoms with E-state index >= 15 is 0 Å². The lowest BCUT2D eigenvalue weighted by Gasteiger charge is -2.12. The van der Waals surface area contributed by atoms with Crippen molar-refractivity contribution in [1.29, 1.82) is 0 Å². The first-order chi connectivity index (χ1) is 14.3. The molecule has 0 spiro atoms. The highest BCUT2D eigenvalue weighted by molar-refractivity contribution is 9.10. The lowest BCUT2D eigenvalue weighted by Crippen LogP contribution is -2.23. The number of rotatable bonds is 6. The summed E-state index contributed by atoms with van der Waals surface area (Å²) in [5, 5.41) is 15.8. The molecule has 8 nitrogen and oxygen atoms in total. The van der Waals surface area contributed by atoms with Gasteiger partial charge in [-0.15, -0.1) is 6.42 Å². The summed E-state index contributed by atoms with van der Waals surface area (Å²) in [6.07, 6.45) is 6.56. The van der Waals surface area contributed by atoms with Gasteiger partial charge in [0.1, 0.15) is 18.2 Å². The topological polar surface area (TPSA) is 99.6 Å². The Bertz CT molecular complexity index is 1260. The van der Waals surface area contributed by atoms with Crippen LogP contribution in [0.4, 0.5) is 5.69 Å². The van der Waals surface area contributed by atoms with Crippen LogP contribution in [-0.4, -0.2) is 27.4 Å². The molecule has 0 aliphatic rings. The Morgan fingerprint density at radius 3 is 2.80 bits per heavy atom. The summed E-state index contributed by atoms with van der Waals surface area (Å²) in [7, 11) is 0. The van der Waals surface area contributed by atoms with Gasteiger partial charge in [-0.25, -0.2) is 4.98 Å². The molecular weight excluding hydrogens is 452 g/mol. The van der Waals surface area contributed by atoms with Crippen LogP contribution < -0.4 is 10.3 Å². The maximum Gasteiger partial charge on any atom is 0.282 e. The average Bonchev–Trinajstić information content (AvgIpc) is 2.71. The summed E-state index contributed by atoms with van der Waals surface area (Å²) in [4.78, 5) is 28.3. The van der Waals surface area contributed by atoms with Gasteiger partial charge in [-0.05, 0) is 24.3 Å². The van der Waals surface area contributed by atoms with E-state index in [9.17, 15) is 14.9 Å². The lowest BCUT2D eigenvalue weighted by molar-refractivity contribution is -0.384. The average molecular weight is 469 g/mol. The molecule has 3 aromatic rings. The zero-order chi connectivity index (χ0) is 21.8. The smallest absolute Gasteiger partial charge is 0.282 e. The van der Waals surface area contributed by atoms with E-state index in [1.54, 1.807) is 12.1 Å². The first-order valence-electron chi connectivity index (χ1n) is 8.93. The molecule has 152 valence electrons. The summed E-state index contributed by atoms with van der Waals surface area (Å²) < 4.78 is 7.38. The quantitative estimate of drug-likeness (QED) is 0.234. The van der Waals surface area contributed by atoms with Gasteiger partial charge in [0.2, 0.25) is 0 Å². The van der Waals surface area contributed by atoms with Crippen molar-refractivity contribution in [2.75, 3.05) is 6.61 Å². The SMILES string of the molecule is C#CCOc1ccc([N+](=O)[O-])cc1C=Nn1c(C(C)C)nc2ccc(Br)cc2c1=O. The molecule has 0 saturated carbocycles. The van der Waals surface area contributed by atoms with E-state index in [1.165, 1.54) is 29.1 Å². The van der Waals surface area contributed by atoms with Crippen molar-refractivity contribution in [3.63, 3.8) is 0 Å². The summed E-state index contributed by atoms with van der Waals surface area (Å²) >= 11 is 3.36. The summed E-state index contributed by atoms with van der Waals surface area (Å²) in [6.45, 7) is 3.78. The standard InChI is InChI=1S/C21H17BrN4O4/c1-4-9-30-19-8-6-16(26(28)29)10-14(19)12-23-25-20(13(2)3)24-18-7-5-15(22)11-17(18)21(25)27/h1,5-8,10-13H,9H2,2-3H3. The summed E-state index contributed by atoms with van der Waals surface area (Å²) in [5.41, 5.74) is 0.390. The Balaban J connectivity index is 2.18. The van der Waals surface area contributed by atoms with Crippen molar-refractivity contribution in [3.8, 4) is 18.1 Å². The van der Waals surface area contributed by atoms with Crippen molar-refractivity contribution in [1.82, 2.24) is 9.66 Å². The molecule has 3 rings (SSSR count). The van der Waals surface area contributed by atoms with Crippen molar-refractivity contribution in [2.24, 2.45) is 5.10 Å². The van der Waals surface area contributed by atoms with Crippen LogP contribution in [0.15, 0.2) is 50.8 Å². The van der Waals surface area contributed by atoms with Gasteiger partial charge >= 0.3 is 0 Å². The van der Waals surface area contributed by atoms with Crippen molar-refractivity contribution < 1.29 is 9.66 Å². The molecule has 0 aliphatic heterocycles. The van der Waals surface area contributed by atoms with E-state index in [-0.39, 0.29) is 23.8 Å². The number of terminal acetylenes is 1. The van der Waals surface area contributed by atoms with Crippen LogP contribution in [0.5, 0.6) is 5.75 Å². The fourth-order valence-corrected chi connectivity index (χ4v) is 3.13. The maximum absolute atomic E-state index is 13.1. The maximum atomic E-state index is 13.1. The number of benzene rings is 2. The molecule has 1 heterocycles. The molecule has 0 saturated heterocycles. The predicted octanol–water partition coefficient (Wildman–Crippen LogP) is 4.08. The minimum absolute atomic E-state index is 0.0125. The molecule has 0 bridgehead atoms. The second-order valence-electron chi connectivity index (χ2n) is 6.62. The number of hydrogen-bond acceptors (Lipinski definition) is 6.